The molecule has 0 unspecified atom stereocenters. The summed E-state index contributed by atoms with van der Waals surface area (Å²) in [6.07, 6.45) is 0. The molecule has 0 radical (unpaired) electrons. The Morgan fingerprint density at radius 1 is 1.20 bits per heavy atom. The van der Waals surface area contributed by atoms with E-state index < -0.39 is 0 Å². The van der Waals surface area contributed by atoms with Crippen LogP contribution in [0.5, 0.6) is 5.75 Å². The van der Waals surface area contributed by atoms with Crippen molar-refractivity contribution in [3.8, 4) is 5.75 Å². The number of ether oxygens (including phenoxy) is 2. The molecule has 0 spiro atoms. The minimum atomic E-state index is -0.353. The van der Waals surface area contributed by atoms with E-state index in [0.29, 0.717) is 22.9 Å². The number of rotatable bonds is 4. The van der Waals surface area contributed by atoms with Gasteiger partial charge in [-0.2, -0.15) is 0 Å². The maximum absolute atomic E-state index is 11.3. The standard InChI is InChI=1S/C15H12BrClO3/c1-19-15(18)11-4-2-10(3-5-11)9-20-14-7-6-12(16)8-13(14)17/h2-8H,9H2,1H3. The number of hydrogen-bond acceptors (Lipinski definition) is 3. The Labute approximate surface area is 130 Å². The van der Waals surface area contributed by atoms with E-state index >= 15 is 0 Å². The lowest BCUT2D eigenvalue weighted by Gasteiger charge is -2.08. The van der Waals surface area contributed by atoms with Crippen molar-refractivity contribution < 1.29 is 14.3 Å². The van der Waals surface area contributed by atoms with Gasteiger partial charge < -0.3 is 9.47 Å². The van der Waals surface area contributed by atoms with E-state index in [9.17, 15) is 4.79 Å². The average molecular weight is 356 g/mol. The van der Waals surface area contributed by atoms with Gasteiger partial charge in [-0.25, -0.2) is 4.79 Å². The van der Waals surface area contributed by atoms with E-state index in [4.69, 9.17) is 16.3 Å². The summed E-state index contributed by atoms with van der Waals surface area (Å²) in [7, 11) is 1.36. The zero-order valence-corrected chi connectivity index (χ0v) is 13.1. The highest BCUT2D eigenvalue weighted by atomic mass is 79.9. The molecule has 0 aliphatic carbocycles. The summed E-state index contributed by atoms with van der Waals surface area (Å²) in [6.45, 7) is 0.378. The van der Waals surface area contributed by atoms with Crippen LogP contribution in [0, 0.1) is 0 Å². The van der Waals surface area contributed by atoms with Crippen molar-refractivity contribution in [1.82, 2.24) is 0 Å². The summed E-state index contributed by atoms with van der Waals surface area (Å²) in [5.41, 5.74) is 1.45. The Morgan fingerprint density at radius 3 is 2.50 bits per heavy atom. The number of benzene rings is 2. The topological polar surface area (TPSA) is 35.5 Å². The second kappa shape index (κ2) is 6.77. The van der Waals surface area contributed by atoms with E-state index in [-0.39, 0.29) is 5.97 Å². The number of carbonyl (C=O) groups is 1. The molecular weight excluding hydrogens is 344 g/mol. The van der Waals surface area contributed by atoms with Crippen molar-refractivity contribution in [2.24, 2.45) is 0 Å². The highest BCUT2D eigenvalue weighted by Crippen LogP contribution is 2.28. The summed E-state index contributed by atoms with van der Waals surface area (Å²) in [5.74, 6) is 0.264. The SMILES string of the molecule is COC(=O)c1ccc(COc2ccc(Br)cc2Cl)cc1. The highest BCUT2D eigenvalue weighted by molar-refractivity contribution is 9.10. The first-order valence-electron chi connectivity index (χ1n) is 5.85. The summed E-state index contributed by atoms with van der Waals surface area (Å²) in [4.78, 5) is 11.3. The van der Waals surface area contributed by atoms with Crippen LogP contribution in [0.2, 0.25) is 5.02 Å². The number of esters is 1. The molecule has 0 amide bonds. The minimum Gasteiger partial charge on any atom is -0.487 e. The Bertz CT molecular complexity index is 611. The molecular formula is C15H12BrClO3. The quantitative estimate of drug-likeness (QED) is 0.759. The van der Waals surface area contributed by atoms with Gasteiger partial charge in [-0.15, -0.1) is 0 Å². The van der Waals surface area contributed by atoms with Gasteiger partial charge in [0.2, 0.25) is 0 Å². The number of hydrogen-bond donors (Lipinski definition) is 0. The van der Waals surface area contributed by atoms with Crippen molar-refractivity contribution in [2.75, 3.05) is 7.11 Å². The molecule has 5 heteroatoms. The third kappa shape index (κ3) is 3.74. The summed E-state index contributed by atoms with van der Waals surface area (Å²) in [5, 5.41) is 0.547. The number of halogens is 2. The van der Waals surface area contributed by atoms with Gasteiger partial charge in [0.25, 0.3) is 0 Å². The molecule has 0 aliphatic rings. The van der Waals surface area contributed by atoms with Crippen LogP contribution in [0.4, 0.5) is 0 Å². The van der Waals surface area contributed by atoms with Gasteiger partial charge in [0.1, 0.15) is 12.4 Å². The van der Waals surface area contributed by atoms with Crippen molar-refractivity contribution in [3.63, 3.8) is 0 Å². The zero-order chi connectivity index (χ0) is 14.5. The highest BCUT2D eigenvalue weighted by Gasteiger charge is 2.06. The van der Waals surface area contributed by atoms with Crippen molar-refractivity contribution in [2.45, 2.75) is 6.61 Å². The fraction of sp³-hybridized carbons (Fsp3) is 0.133. The molecule has 0 heterocycles. The Morgan fingerprint density at radius 2 is 1.90 bits per heavy atom. The molecule has 20 heavy (non-hydrogen) atoms. The van der Waals surface area contributed by atoms with E-state index in [2.05, 4.69) is 20.7 Å². The fourth-order valence-corrected chi connectivity index (χ4v) is 2.34. The average Bonchev–Trinajstić information content (AvgIpc) is 2.46. The third-order valence-corrected chi connectivity index (χ3v) is 3.45. The molecule has 2 aromatic carbocycles. The molecule has 3 nitrogen and oxygen atoms in total. The largest absolute Gasteiger partial charge is 0.487 e. The second-order valence-electron chi connectivity index (χ2n) is 4.05. The van der Waals surface area contributed by atoms with E-state index in [0.717, 1.165) is 10.0 Å². The first-order valence-corrected chi connectivity index (χ1v) is 7.02. The molecule has 0 bridgehead atoms. The van der Waals surface area contributed by atoms with Crippen LogP contribution >= 0.6 is 27.5 Å². The fourth-order valence-electron chi connectivity index (χ4n) is 1.61. The molecule has 0 aromatic heterocycles. The molecule has 2 aromatic rings. The van der Waals surface area contributed by atoms with Crippen molar-refractivity contribution in [1.29, 1.82) is 0 Å². The normalized spacial score (nSPS) is 10.2. The lowest BCUT2D eigenvalue weighted by molar-refractivity contribution is 0.0600. The summed E-state index contributed by atoms with van der Waals surface area (Å²) < 4.78 is 11.2. The van der Waals surface area contributed by atoms with Gasteiger partial charge >= 0.3 is 5.97 Å². The monoisotopic (exact) mass is 354 g/mol. The van der Waals surface area contributed by atoms with Crippen LogP contribution in [0.3, 0.4) is 0 Å². The lowest BCUT2D eigenvalue weighted by Crippen LogP contribution is -2.02. The molecule has 0 N–H and O–H groups in total. The lowest BCUT2D eigenvalue weighted by atomic mass is 10.1. The summed E-state index contributed by atoms with van der Waals surface area (Å²) in [6, 6.07) is 12.5. The zero-order valence-electron chi connectivity index (χ0n) is 10.7. The maximum Gasteiger partial charge on any atom is 0.337 e. The number of carbonyl (C=O) groups excluding carboxylic acids is 1. The van der Waals surface area contributed by atoms with Crippen LogP contribution in [0.1, 0.15) is 15.9 Å². The van der Waals surface area contributed by atoms with E-state index in [1.807, 2.05) is 18.2 Å². The predicted molar refractivity (Wildman–Crippen MR) is 81.3 cm³/mol. The molecule has 0 saturated carbocycles. The van der Waals surface area contributed by atoms with Gasteiger partial charge in [-0.1, -0.05) is 39.7 Å². The minimum absolute atomic E-state index is 0.353. The van der Waals surface area contributed by atoms with Crippen LogP contribution in [0.25, 0.3) is 0 Å². The molecule has 0 aliphatic heterocycles. The molecule has 0 saturated heterocycles. The second-order valence-corrected chi connectivity index (χ2v) is 5.37. The van der Waals surface area contributed by atoms with Crippen molar-refractivity contribution >= 4 is 33.5 Å². The Balaban J connectivity index is 2.02. The Hall–Kier alpha value is -1.52. The molecule has 104 valence electrons. The molecule has 0 atom stereocenters. The van der Waals surface area contributed by atoms with Gasteiger partial charge in [0.15, 0.2) is 0 Å². The van der Waals surface area contributed by atoms with E-state index in [1.54, 1.807) is 24.3 Å². The predicted octanol–water partition coefficient (Wildman–Crippen LogP) is 4.47. The van der Waals surface area contributed by atoms with Crippen LogP contribution in [0.15, 0.2) is 46.9 Å². The first-order chi connectivity index (χ1) is 9.60. The Kier molecular flexibility index (Phi) is 5.04. The maximum atomic E-state index is 11.3. The van der Waals surface area contributed by atoms with Gasteiger partial charge in [0, 0.05) is 4.47 Å². The van der Waals surface area contributed by atoms with Gasteiger partial charge in [-0.05, 0) is 35.9 Å². The first kappa shape index (κ1) is 14.9. The summed E-state index contributed by atoms with van der Waals surface area (Å²) >= 11 is 9.40. The molecule has 0 fully saturated rings. The van der Waals surface area contributed by atoms with Crippen molar-refractivity contribution in [3.05, 3.63) is 63.1 Å². The van der Waals surface area contributed by atoms with Gasteiger partial charge in [-0.3, -0.25) is 0 Å². The molecule has 2 rings (SSSR count). The number of methoxy groups -OCH3 is 1. The van der Waals surface area contributed by atoms with Gasteiger partial charge in [0.05, 0.1) is 17.7 Å². The van der Waals surface area contributed by atoms with Crippen LogP contribution in [-0.2, 0) is 11.3 Å². The third-order valence-electron chi connectivity index (χ3n) is 2.66. The van der Waals surface area contributed by atoms with Crippen LogP contribution in [-0.4, -0.2) is 13.1 Å². The van der Waals surface area contributed by atoms with Crippen LogP contribution < -0.4 is 4.74 Å². The van der Waals surface area contributed by atoms with E-state index in [1.165, 1.54) is 7.11 Å². The smallest absolute Gasteiger partial charge is 0.337 e.